The summed E-state index contributed by atoms with van der Waals surface area (Å²) in [5.41, 5.74) is 13.2. The van der Waals surface area contributed by atoms with E-state index in [9.17, 15) is 0 Å². The Kier molecular flexibility index (Phi) is 10.9. The molecule has 0 aliphatic heterocycles. The van der Waals surface area contributed by atoms with Crippen molar-refractivity contribution in [2.45, 2.75) is 150 Å². The van der Waals surface area contributed by atoms with Gasteiger partial charge >= 0.3 is 262 Å². The Balaban J connectivity index is 0.00000253. The summed E-state index contributed by atoms with van der Waals surface area (Å²) in [4.78, 5) is 0. The largest absolute Gasteiger partial charge is 1.00 e. The molecule has 0 heterocycles. The predicted molar refractivity (Wildman–Crippen MR) is 179 cm³/mol. The molecule has 0 unspecified atom stereocenters. The SMILES string of the molecule is CC(C)(C)c1cc2c(cc1C(C)(C)C)-c1cc(C(C)(C)C)c(C(C)(C)C)[c]([Zr+2]([C]3=CC=CC3)=[C]3CCCCC3)c1C2.[Cl-].[Cl-]. The smallest absolute Gasteiger partial charge is 1.00 e. The molecule has 0 amide bonds. The Morgan fingerprint density at radius 3 is 1.63 bits per heavy atom. The van der Waals surface area contributed by atoms with E-state index in [1.807, 2.05) is 9.76 Å². The summed E-state index contributed by atoms with van der Waals surface area (Å²) in [5, 5.41) is 0. The Labute approximate surface area is 284 Å². The number of benzene rings is 2. The first-order valence-electron chi connectivity index (χ1n) is 16.4. The summed E-state index contributed by atoms with van der Waals surface area (Å²) in [6, 6.07) is 7.92. The molecule has 3 aliphatic rings. The van der Waals surface area contributed by atoms with Crippen molar-refractivity contribution in [1.29, 1.82) is 0 Å². The number of hydrogen-bond acceptors (Lipinski definition) is 0. The minimum atomic E-state index is -2.33. The average molecular weight is 699 g/mol. The molecule has 5 rings (SSSR count). The summed E-state index contributed by atoms with van der Waals surface area (Å²) >= 11 is -2.33. The van der Waals surface area contributed by atoms with Gasteiger partial charge in [0.25, 0.3) is 0 Å². The molecule has 0 N–H and O–H groups in total. The second-order valence-electron chi connectivity index (χ2n) is 17.3. The van der Waals surface area contributed by atoms with Gasteiger partial charge < -0.3 is 24.8 Å². The van der Waals surface area contributed by atoms with E-state index < -0.39 is 21.3 Å². The van der Waals surface area contributed by atoms with Gasteiger partial charge in [0.15, 0.2) is 0 Å². The van der Waals surface area contributed by atoms with Gasteiger partial charge in [-0.05, 0) is 0 Å². The van der Waals surface area contributed by atoms with Crippen LogP contribution in [0.15, 0.2) is 39.7 Å². The van der Waals surface area contributed by atoms with Crippen molar-refractivity contribution in [1.82, 2.24) is 0 Å². The van der Waals surface area contributed by atoms with Crippen molar-refractivity contribution in [2.24, 2.45) is 0 Å². The van der Waals surface area contributed by atoms with Crippen molar-refractivity contribution in [2.75, 3.05) is 0 Å². The fourth-order valence-corrected chi connectivity index (χ4v) is 17.2. The van der Waals surface area contributed by atoms with Crippen LogP contribution in [0, 0.1) is 0 Å². The maximum absolute atomic E-state index is 2.67. The molecule has 0 bridgehead atoms. The van der Waals surface area contributed by atoms with Crippen LogP contribution in [-0.2, 0) is 49.3 Å². The second-order valence-corrected chi connectivity index (χ2v) is 23.7. The normalized spacial score (nSPS) is 16.5. The minimum absolute atomic E-state index is 0. The standard InChI is InChI=1S/C29H41.C6H10.C5H5.2ClH.Zr/c1-26(2,3)22-14-18-13-19-15-23(27(4,5)6)25(29(10,11)12)17-21(19)20(18)16-24(22)28(7,8)9;1-2-4-6-5-3-1;1-2-4-5-3-1;;;/h14,16-17H,13H2,1-12H3;1-5H2;1-3H,4H2;2*1H;/q;;;;;+2/p-2. The number of allylic oxidation sites excluding steroid dienone is 4. The van der Waals surface area contributed by atoms with E-state index in [1.165, 1.54) is 55.2 Å². The van der Waals surface area contributed by atoms with Crippen LogP contribution < -0.4 is 28.1 Å². The predicted octanol–water partition coefficient (Wildman–Crippen LogP) is 4.68. The number of hydrogen-bond donors (Lipinski definition) is 0. The van der Waals surface area contributed by atoms with E-state index in [0.717, 1.165) is 6.42 Å². The third-order valence-electron chi connectivity index (χ3n) is 9.66. The molecule has 2 aromatic carbocycles. The van der Waals surface area contributed by atoms with Crippen LogP contribution in [0.5, 0.6) is 0 Å². The molecule has 0 nitrogen and oxygen atoms in total. The number of rotatable bonds is 2. The molecule has 43 heavy (non-hydrogen) atoms. The van der Waals surface area contributed by atoms with Gasteiger partial charge in [0.05, 0.1) is 0 Å². The van der Waals surface area contributed by atoms with Gasteiger partial charge in [-0.15, -0.1) is 0 Å². The first-order chi connectivity index (χ1) is 18.9. The van der Waals surface area contributed by atoms with Gasteiger partial charge in [-0.3, -0.25) is 0 Å². The fourth-order valence-electron chi connectivity index (χ4n) is 7.69. The molecule has 0 aromatic heterocycles. The summed E-state index contributed by atoms with van der Waals surface area (Å²) in [7, 11) is 0. The van der Waals surface area contributed by atoms with Crippen LogP contribution in [0.25, 0.3) is 11.1 Å². The van der Waals surface area contributed by atoms with Gasteiger partial charge in [-0.1, -0.05) is 0 Å². The summed E-state index contributed by atoms with van der Waals surface area (Å²) in [6.45, 7) is 29.3. The zero-order valence-electron chi connectivity index (χ0n) is 29.2. The Bertz CT molecular complexity index is 1460. The molecule has 3 aliphatic carbocycles. The van der Waals surface area contributed by atoms with Gasteiger partial charge in [-0.2, -0.15) is 0 Å². The number of halogens is 2. The van der Waals surface area contributed by atoms with Gasteiger partial charge in [0, 0.05) is 0 Å². The van der Waals surface area contributed by atoms with E-state index in [-0.39, 0.29) is 46.5 Å². The van der Waals surface area contributed by atoms with E-state index in [4.69, 9.17) is 0 Å². The molecule has 1 saturated carbocycles. The zero-order valence-corrected chi connectivity index (χ0v) is 33.1. The van der Waals surface area contributed by atoms with Crippen LogP contribution in [0.4, 0.5) is 0 Å². The Morgan fingerprint density at radius 2 is 1.14 bits per heavy atom. The van der Waals surface area contributed by atoms with Crippen molar-refractivity contribution in [3.8, 4) is 11.1 Å². The molecule has 2 aromatic rings. The van der Waals surface area contributed by atoms with Crippen LogP contribution in [0.1, 0.15) is 155 Å². The summed E-state index contributed by atoms with van der Waals surface area (Å²) < 4.78 is 5.69. The zero-order chi connectivity index (χ0) is 30.1. The molecule has 0 atom stereocenters. The molecule has 0 radical (unpaired) electrons. The van der Waals surface area contributed by atoms with Crippen LogP contribution in [0.2, 0.25) is 0 Å². The maximum atomic E-state index is 2.67. The molecule has 0 saturated heterocycles. The Morgan fingerprint density at radius 1 is 0.605 bits per heavy atom. The van der Waals surface area contributed by atoms with Crippen molar-refractivity contribution in [3.05, 3.63) is 73.1 Å². The molecular weight excluding hydrogens is 643 g/mol. The molecule has 234 valence electrons. The van der Waals surface area contributed by atoms with E-state index >= 15 is 0 Å². The van der Waals surface area contributed by atoms with Crippen molar-refractivity contribution in [3.63, 3.8) is 0 Å². The van der Waals surface area contributed by atoms with Gasteiger partial charge in [0.1, 0.15) is 0 Å². The second kappa shape index (κ2) is 12.8. The molecular formula is C40H56Cl2Zr. The van der Waals surface area contributed by atoms with E-state index in [0.29, 0.717) is 0 Å². The van der Waals surface area contributed by atoms with Gasteiger partial charge in [0.2, 0.25) is 0 Å². The van der Waals surface area contributed by atoms with Crippen LogP contribution >= 0.6 is 0 Å². The first kappa shape index (κ1) is 36.7. The van der Waals surface area contributed by atoms with Crippen LogP contribution in [-0.4, -0.2) is 3.21 Å². The first-order valence-corrected chi connectivity index (χ1v) is 20.1. The Hall–Kier alpha value is -0.747. The van der Waals surface area contributed by atoms with Gasteiger partial charge in [-0.25, -0.2) is 0 Å². The van der Waals surface area contributed by atoms with Crippen molar-refractivity contribution >= 4 is 6.48 Å². The summed E-state index contributed by atoms with van der Waals surface area (Å²) in [6.07, 6.45) is 16.6. The number of fused-ring (bicyclic) bond motifs is 3. The molecule has 3 heteroatoms. The quantitative estimate of drug-likeness (QED) is 0.365. The topological polar surface area (TPSA) is 0 Å². The monoisotopic (exact) mass is 696 g/mol. The van der Waals surface area contributed by atoms with E-state index in [1.54, 1.807) is 27.8 Å². The minimum Gasteiger partial charge on any atom is -1.00 e. The molecule has 1 fully saturated rings. The third-order valence-corrected chi connectivity index (χ3v) is 17.7. The average Bonchev–Trinajstić information content (AvgIpc) is 3.49. The maximum Gasteiger partial charge on any atom is -1.00 e. The van der Waals surface area contributed by atoms with Crippen LogP contribution in [0.3, 0.4) is 0 Å². The van der Waals surface area contributed by atoms with E-state index in [2.05, 4.69) is 120 Å². The van der Waals surface area contributed by atoms with Crippen molar-refractivity contribution < 1.29 is 46.1 Å². The molecule has 0 spiro atoms. The fraction of sp³-hybridized carbons (Fsp3) is 0.575. The summed E-state index contributed by atoms with van der Waals surface area (Å²) in [5.74, 6) is 0. The third kappa shape index (κ3) is 7.16.